The van der Waals surface area contributed by atoms with E-state index < -0.39 is 5.91 Å². The van der Waals surface area contributed by atoms with Crippen LogP contribution in [0.3, 0.4) is 0 Å². The molecule has 120 valence electrons. The van der Waals surface area contributed by atoms with Gasteiger partial charge in [0, 0.05) is 16.8 Å². The number of nitrogens with zero attached hydrogens (tertiary/aromatic N) is 4. The molecule has 24 heavy (non-hydrogen) atoms. The molecule has 3 rings (SSSR count). The Balaban J connectivity index is 1.77. The number of nitrogens with two attached hydrogens (primary N) is 1. The maximum absolute atomic E-state index is 12.3. The molecule has 2 amide bonds. The summed E-state index contributed by atoms with van der Waals surface area (Å²) in [5.41, 5.74) is 8.34. The van der Waals surface area contributed by atoms with Crippen LogP contribution in [-0.4, -0.2) is 32.0 Å². The minimum absolute atomic E-state index is 0.277. The zero-order chi connectivity index (χ0) is 17.1. The monoisotopic (exact) mass is 322 g/mol. The van der Waals surface area contributed by atoms with Gasteiger partial charge < -0.3 is 11.1 Å². The number of carbonyl (C=O) groups excluding carboxylic acids is 2. The fraction of sp³-hybridized carbons (Fsp3) is 0.0625. The predicted octanol–water partition coefficient (Wildman–Crippen LogP) is 1.32. The van der Waals surface area contributed by atoms with E-state index in [0.717, 1.165) is 11.3 Å². The molecule has 0 atom stereocenters. The number of tetrazole rings is 1. The topological polar surface area (TPSA) is 116 Å². The van der Waals surface area contributed by atoms with Crippen molar-refractivity contribution in [1.29, 1.82) is 0 Å². The highest BCUT2D eigenvalue weighted by Crippen LogP contribution is 2.18. The van der Waals surface area contributed by atoms with Crippen LogP contribution < -0.4 is 11.1 Å². The van der Waals surface area contributed by atoms with Crippen LogP contribution in [0.2, 0.25) is 0 Å². The highest BCUT2D eigenvalue weighted by atomic mass is 16.2. The fourth-order valence-electron chi connectivity index (χ4n) is 2.25. The Morgan fingerprint density at radius 2 is 1.79 bits per heavy atom. The number of aromatic nitrogens is 4. The van der Waals surface area contributed by atoms with E-state index in [0.29, 0.717) is 16.8 Å². The van der Waals surface area contributed by atoms with Crippen LogP contribution in [0, 0.1) is 6.92 Å². The Morgan fingerprint density at radius 1 is 1.08 bits per heavy atom. The molecule has 0 aliphatic rings. The number of amides is 2. The van der Waals surface area contributed by atoms with Gasteiger partial charge in [0.05, 0.1) is 5.69 Å². The van der Waals surface area contributed by atoms with Crippen molar-refractivity contribution >= 4 is 17.5 Å². The van der Waals surface area contributed by atoms with Crippen molar-refractivity contribution in [2.45, 2.75) is 6.92 Å². The summed E-state index contributed by atoms with van der Waals surface area (Å²) in [7, 11) is 0. The largest absolute Gasteiger partial charge is 0.366 e. The zero-order valence-electron chi connectivity index (χ0n) is 12.8. The average molecular weight is 322 g/mol. The van der Waals surface area contributed by atoms with Gasteiger partial charge in [-0.15, -0.1) is 5.10 Å². The van der Waals surface area contributed by atoms with Gasteiger partial charge in [0.25, 0.3) is 5.91 Å². The Hall–Kier alpha value is -3.55. The van der Waals surface area contributed by atoms with Crippen LogP contribution in [0.1, 0.15) is 26.3 Å². The molecule has 8 heteroatoms. The lowest BCUT2D eigenvalue weighted by Crippen LogP contribution is -2.14. The molecular formula is C16H14N6O2. The quantitative estimate of drug-likeness (QED) is 0.751. The second kappa shape index (κ2) is 6.29. The Bertz CT molecular complexity index is 887. The number of hydrogen-bond donors (Lipinski definition) is 2. The van der Waals surface area contributed by atoms with Gasteiger partial charge in [0.15, 0.2) is 0 Å². The van der Waals surface area contributed by atoms with Crippen molar-refractivity contribution in [2.75, 3.05) is 5.32 Å². The third-order valence-electron chi connectivity index (χ3n) is 3.48. The first-order chi connectivity index (χ1) is 11.5. The fourth-order valence-corrected chi connectivity index (χ4v) is 2.25. The molecule has 0 aliphatic carbocycles. The minimum Gasteiger partial charge on any atom is -0.366 e. The second-order valence-electron chi connectivity index (χ2n) is 5.15. The highest BCUT2D eigenvalue weighted by Gasteiger charge is 2.09. The number of aryl methyl sites for hydroxylation is 1. The van der Waals surface area contributed by atoms with Crippen LogP contribution in [0.25, 0.3) is 5.69 Å². The van der Waals surface area contributed by atoms with Crippen molar-refractivity contribution in [3.8, 4) is 5.69 Å². The van der Waals surface area contributed by atoms with Crippen LogP contribution >= 0.6 is 0 Å². The van der Waals surface area contributed by atoms with E-state index in [1.165, 1.54) is 18.5 Å². The Kier molecular flexibility index (Phi) is 4.02. The van der Waals surface area contributed by atoms with Gasteiger partial charge >= 0.3 is 0 Å². The minimum atomic E-state index is -0.532. The van der Waals surface area contributed by atoms with Gasteiger partial charge in [-0.2, -0.15) is 0 Å². The summed E-state index contributed by atoms with van der Waals surface area (Å²) in [6, 6.07) is 11.5. The van der Waals surface area contributed by atoms with E-state index in [-0.39, 0.29) is 5.91 Å². The molecule has 2 aromatic carbocycles. The number of nitrogens with one attached hydrogen (secondary N) is 1. The summed E-state index contributed by atoms with van der Waals surface area (Å²) < 4.78 is 1.55. The van der Waals surface area contributed by atoms with E-state index in [4.69, 9.17) is 5.73 Å². The van der Waals surface area contributed by atoms with Gasteiger partial charge in [-0.25, -0.2) is 4.68 Å². The molecule has 0 radical (unpaired) electrons. The van der Waals surface area contributed by atoms with Crippen LogP contribution in [0.4, 0.5) is 5.69 Å². The first-order valence-corrected chi connectivity index (χ1v) is 7.10. The molecule has 1 heterocycles. The summed E-state index contributed by atoms with van der Waals surface area (Å²) in [6.45, 7) is 1.90. The SMILES string of the molecule is Cc1cc(NC(=O)c2ccc(C(N)=O)cc2)ccc1-n1cnnn1. The van der Waals surface area contributed by atoms with Gasteiger partial charge in [-0.1, -0.05) is 0 Å². The summed E-state index contributed by atoms with van der Waals surface area (Å²) in [5, 5.41) is 13.8. The number of hydrogen-bond acceptors (Lipinski definition) is 5. The molecule has 0 spiro atoms. The maximum atomic E-state index is 12.3. The Labute approximate surface area is 137 Å². The molecule has 0 unspecified atom stereocenters. The third kappa shape index (κ3) is 3.12. The van der Waals surface area contributed by atoms with E-state index in [9.17, 15) is 9.59 Å². The van der Waals surface area contributed by atoms with Gasteiger partial charge in [0.2, 0.25) is 5.91 Å². The van der Waals surface area contributed by atoms with Crippen molar-refractivity contribution in [2.24, 2.45) is 5.73 Å². The Morgan fingerprint density at radius 3 is 2.38 bits per heavy atom. The average Bonchev–Trinajstić information content (AvgIpc) is 3.09. The number of anilines is 1. The van der Waals surface area contributed by atoms with Gasteiger partial charge in [0.1, 0.15) is 6.33 Å². The summed E-state index contributed by atoms with van der Waals surface area (Å²) in [4.78, 5) is 23.3. The summed E-state index contributed by atoms with van der Waals surface area (Å²) in [5.74, 6) is -0.809. The van der Waals surface area contributed by atoms with Crippen LogP contribution in [0.5, 0.6) is 0 Å². The predicted molar refractivity (Wildman–Crippen MR) is 86.8 cm³/mol. The van der Waals surface area contributed by atoms with Crippen molar-refractivity contribution in [3.63, 3.8) is 0 Å². The highest BCUT2D eigenvalue weighted by molar-refractivity contribution is 6.05. The normalized spacial score (nSPS) is 10.4. The standard InChI is InChI=1S/C16H14N6O2/c1-10-8-13(6-7-14(10)22-9-18-20-21-22)19-16(24)12-4-2-11(3-5-12)15(17)23/h2-9H,1H3,(H2,17,23)(H,19,24). The van der Waals surface area contributed by atoms with Crippen LogP contribution in [0.15, 0.2) is 48.8 Å². The maximum Gasteiger partial charge on any atom is 0.255 e. The number of rotatable bonds is 4. The molecule has 0 fully saturated rings. The smallest absolute Gasteiger partial charge is 0.255 e. The van der Waals surface area contributed by atoms with E-state index in [1.54, 1.807) is 22.9 Å². The van der Waals surface area contributed by atoms with E-state index in [2.05, 4.69) is 20.8 Å². The third-order valence-corrected chi connectivity index (χ3v) is 3.48. The number of primary amides is 1. The molecular weight excluding hydrogens is 308 g/mol. The molecule has 0 aliphatic heterocycles. The van der Waals surface area contributed by atoms with Crippen molar-refractivity contribution in [3.05, 3.63) is 65.5 Å². The first-order valence-electron chi connectivity index (χ1n) is 7.10. The van der Waals surface area contributed by atoms with Crippen molar-refractivity contribution < 1.29 is 9.59 Å². The van der Waals surface area contributed by atoms with Gasteiger partial charge in [-0.05, 0) is 65.4 Å². The molecule has 8 nitrogen and oxygen atoms in total. The molecule has 0 saturated heterocycles. The molecule has 1 aromatic heterocycles. The molecule has 0 saturated carbocycles. The second-order valence-corrected chi connectivity index (χ2v) is 5.15. The van der Waals surface area contributed by atoms with Gasteiger partial charge in [-0.3, -0.25) is 9.59 Å². The first kappa shape index (κ1) is 15.3. The molecule has 3 aromatic rings. The molecule has 0 bridgehead atoms. The lowest BCUT2D eigenvalue weighted by atomic mass is 10.1. The number of benzene rings is 2. The molecule has 3 N–H and O–H groups in total. The summed E-state index contributed by atoms with van der Waals surface area (Å²) >= 11 is 0. The number of carbonyl (C=O) groups is 2. The van der Waals surface area contributed by atoms with Crippen molar-refractivity contribution in [1.82, 2.24) is 20.2 Å². The lowest BCUT2D eigenvalue weighted by molar-refractivity contribution is 0.0995. The van der Waals surface area contributed by atoms with E-state index >= 15 is 0 Å². The lowest BCUT2D eigenvalue weighted by Gasteiger charge is -2.09. The van der Waals surface area contributed by atoms with Crippen LogP contribution in [-0.2, 0) is 0 Å². The van der Waals surface area contributed by atoms with E-state index in [1.807, 2.05) is 19.1 Å². The zero-order valence-corrected chi connectivity index (χ0v) is 12.8. The summed E-state index contributed by atoms with van der Waals surface area (Å²) in [6.07, 6.45) is 1.50.